The average molecular weight is 476 g/mol. The molecule has 1 unspecified atom stereocenters. The second-order valence-electron chi connectivity index (χ2n) is 7.20. The summed E-state index contributed by atoms with van der Waals surface area (Å²) in [5.41, 5.74) is 3.19. The van der Waals surface area contributed by atoms with Gasteiger partial charge in [-0.3, -0.25) is 9.78 Å². The van der Waals surface area contributed by atoms with Gasteiger partial charge in [-0.15, -0.1) is 11.8 Å². The summed E-state index contributed by atoms with van der Waals surface area (Å²) in [6, 6.07) is 25.2. The second kappa shape index (κ2) is 11.5. The van der Waals surface area contributed by atoms with Crippen molar-refractivity contribution in [3.8, 4) is 5.75 Å². The molecule has 0 aliphatic heterocycles. The fourth-order valence-electron chi connectivity index (χ4n) is 3.22. The number of ether oxygens (including phenoxy) is 1. The van der Waals surface area contributed by atoms with Crippen LogP contribution < -0.4 is 10.1 Å². The van der Waals surface area contributed by atoms with E-state index >= 15 is 0 Å². The maximum absolute atomic E-state index is 12.8. The molecular formula is C26H22ClN3O2S. The maximum atomic E-state index is 12.8. The van der Waals surface area contributed by atoms with Crippen LogP contribution in [0.5, 0.6) is 5.75 Å². The monoisotopic (exact) mass is 475 g/mol. The largest absolute Gasteiger partial charge is 0.485 e. The summed E-state index contributed by atoms with van der Waals surface area (Å²) >= 11 is 7.61. The van der Waals surface area contributed by atoms with E-state index in [0.717, 1.165) is 16.7 Å². The van der Waals surface area contributed by atoms with Crippen LogP contribution in [0.1, 0.15) is 21.9 Å². The molecule has 2 aromatic heterocycles. The lowest BCUT2D eigenvalue weighted by atomic mass is 10.0. The Morgan fingerprint density at radius 2 is 1.64 bits per heavy atom. The summed E-state index contributed by atoms with van der Waals surface area (Å²) in [5, 5.41) is 3.57. The number of nitrogens with one attached hydrogen (secondary N) is 1. The molecule has 4 rings (SSSR count). The third-order valence-electron chi connectivity index (χ3n) is 4.83. The van der Waals surface area contributed by atoms with E-state index in [0.29, 0.717) is 23.2 Å². The average Bonchev–Trinajstić information content (AvgIpc) is 2.86. The topological polar surface area (TPSA) is 64.1 Å². The van der Waals surface area contributed by atoms with Crippen LogP contribution in [0.2, 0.25) is 5.02 Å². The van der Waals surface area contributed by atoms with Gasteiger partial charge in [0.05, 0.1) is 11.0 Å². The number of hydrogen-bond acceptors (Lipinski definition) is 5. The number of halogens is 1. The Kier molecular flexibility index (Phi) is 7.95. The minimum absolute atomic E-state index is 0.000333. The number of anilines is 1. The van der Waals surface area contributed by atoms with Crippen molar-refractivity contribution in [3.05, 3.63) is 119 Å². The van der Waals surface area contributed by atoms with Crippen LogP contribution >= 0.6 is 23.4 Å². The Morgan fingerprint density at radius 1 is 0.909 bits per heavy atom. The zero-order chi connectivity index (χ0) is 22.9. The first-order valence-electron chi connectivity index (χ1n) is 10.4. The number of pyridine rings is 2. The van der Waals surface area contributed by atoms with Crippen LogP contribution in [0.3, 0.4) is 0 Å². The Morgan fingerprint density at radius 3 is 2.39 bits per heavy atom. The number of thioether (sulfide) groups is 1. The molecule has 166 valence electrons. The zero-order valence-corrected chi connectivity index (χ0v) is 19.3. The Balaban J connectivity index is 1.42. The number of hydrogen-bond donors (Lipinski definition) is 1. The molecule has 5 nitrogen and oxygen atoms in total. The fourth-order valence-corrected chi connectivity index (χ4v) is 4.43. The third kappa shape index (κ3) is 6.57. The van der Waals surface area contributed by atoms with E-state index < -0.39 is 0 Å². The van der Waals surface area contributed by atoms with Crippen molar-refractivity contribution >= 4 is 35.1 Å². The number of amides is 1. The molecule has 1 atom stereocenters. The highest BCUT2D eigenvalue weighted by Crippen LogP contribution is 2.36. The van der Waals surface area contributed by atoms with Gasteiger partial charge in [0.1, 0.15) is 6.61 Å². The third-order valence-corrected chi connectivity index (χ3v) is 6.39. The summed E-state index contributed by atoms with van der Waals surface area (Å²) in [6.07, 6.45) is 5.06. The van der Waals surface area contributed by atoms with Crippen molar-refractivity contribution in [1.82, 2.24) is 9.97 Å². The lowest BCUT2D eigenvalue weighted by Gasteiger charge is -2.18. The van der Waals surface area contributed by atoms with Crippen molar-refractivity contribution in [1.29, 1.82) is 0 Å². The molecule has 4 aromatic rings. The predicted molar refractivity (Wildman–Crippen MR) is 134 cm³/mol. The summed E-state index contributed by atoms with van der Waals surface area (Å²) in [4.78, 5) is 21.1. The molecule has 2 aromatic carbocycles. The molecule has 0 spiro atoms. The van der Waals surface area contributed by atoms with E-state index in [-0.39, 0.29) is 16.9 Å². The lowest BCUT2D eigenvalue weighted by Crippen LogP contribution is -2.17. The van der Waals surface area contributed by atoms with Crippen molar-refractivity contribution < 1.29 is 9.53 Å². The first kappa shape index (κ1) is 22.8. The van der Waals surface area contributed by atoms with E-state index in [4.69, 9.17) is 16.3 Å². The number of nitrogens with zero attached hydrogens (tertiary/aromatic N) is 2. The second-order valence-corrected chi connectivity index (χ2v) is 8.73. The standard InChI is InChI=1S/C26H22ClN3O2S/c27-22-10-8-21(9-11-22)25(20-5-2-1-3-6-20)33-18-24(31)30-26-23(7-4-14-29-26)32-17-19-12-15-28-16-13-19/h1-16,25H,17-18H2,(H,29,30,31). The van der Waals surface area contributed by atoms with Crippen molar-refractivity contribution in [2.24, 2.45) is 0 Å². The predicted octanol–water partition coefficient (Wildman–Crippen LogP) is 6.17. The van der Waals surface area contributed by atoms with E-state index in [1.807, 2.05) is 54.6 Å². The molecule has 0 bridgehead atoms. The minimum atomic E-state index is -0.151. The molecule has 1 amide bonds. The van der Waals surface area contributed by atoms with Gasteiger partial charge in [0.2, 0.25) is 5.91 Å². The van der Waals surface area contributed by atoms with Gasteiger partial charge < -0.3 is 10.1 Å². The first-order chi connectivity index (χ1) is 16.2. The van der Waals surface area contributed by atoms with E-state index in [1.54, 1.807) is 42.5 Å². The number of carbonyl (C=O) groups is 1. The minimum Gasteiger partial charge on any atom is -0.485 e. The molecule has 0 radical (unpaired) electrons. The van der Waals surface area contributed by atoms with Crippen LogP contribution in [0.4, 0.5) is 5.82 Å². The smallest absolute Gasteiger partial charge is 0.235 e. The molecule has 0 saturated heterocycles. The number of benzene rings is 2. The molecule has 0 aliphatic rings. The van der Waals surface area contributed by atoms with Gasteiger partial charge in [-0.2, -0.15) is 0 Å². The fraction of sp³-hybridized carbons (Fsp3) is 0.115. The molecule has 1 N–H and O–H groups in total. The van der Waals surface area contributed by atoms with Gasteiger partial charge >= 0.3 is 0 Å². The van der Waals surface area contributed by atoms with Gasteiger partial charge in [-0.05, 0) is 53.1 Å². The molecule has 0 aliphatic carbocycles. The Bertz CT molecular complexity index is 1180. The number of aromatic nitrogens is 2. The van der Waals surface area contributed by atoms with Crippen molar-refractivity contribution in [2.45, 2.75) is 11.9 Å². The van der Waals surface area contributed by atoms with Crippen molar-refractivity contribution in [2.75, 3.05) is 11.1 Å². The van der Waals surface area contributed by atoms with Gasteiger partial charge in [-0.1, -0.05) is 54.1 Å². The molecule has 0 saturated carbocycles. The molecule has 0 fully saturated rings. The summed E-state index contributed by atoms with van der Waals surface area (Å²) in [7, 11) is 0. The highest BCUT2D eigenvalue weighted by Gasteiger charge is 2.17. The van der Waals surface area contributed by atoms with Crippen molar-refractivity contribution in [3.63, 3.8) is 0 Å². The number of rotatable bonds is 9. The summed E-state index contributed by atoms with van der Waals surface area (Å²) in [5.74, 6) is 1.02. The normalized spacial score (nSPS) is 11.5. The van der Waals surface area contributed by atoms with Gasteiger partial charge in [0.25, 0.3) is 0 Å². The molecule has 33 heavy (non-hydrogen) atoms. The van der Waals surface area contributed by atoms with Crippen LogP contribution in [0, 0.1) is 0 Å². The first-order valence-corrected chi connectivity index (χ1v) is 11.8. The van der Waals surface area contributed by atoms with Crippen LogP contribution in [-0.4, -0.2) is 21.6 Å². The van der Waals surface area contributed by atoms with Gasteiger partial charge in [0, 0.05) is 23.6 Å². The van der Waals surface area contributed by atoms with E-state index in [1.165, 1.54) is 0 Å². The maximum Gasteiger partial charge on any atom is 0.235 e. The van der Waals surface area contributed by atoms with Crippen LogP contribution in [0.25, 0.3) is 0 Å². The summed E-state index contributed by atoms with van der Waals surface area (Å²) in [6.45, 7) is 0.360. The van der Waals surface area contributed by atoms with E-state index in [2.05, 4.69) is 27.4 Å². The highest BCUT2D eigenvalue weighted by molar-refractivity contribution is 8.00. The quantitative estimate of drug-likeness (QED) is 0.313. The SMILES string of the molecule is O=C(CSC(c1ccccc1)c1ccc(Cl)cc1)Nc1ncccc1OCc1ccncc1. The Labute approximate surface area is 202 Å². The molecular weight excluding hydrogens is 454 g/mol. The van der Waals surface area contributed by atoms with Crippen LogP contribution in [0.15, 0.2) is 97.5 Å². The Hall–Kier alpha value is -3.35. The summed E-state index contributed by atoms with van der Waals surface area (Å²) < 4.78 is 5.88. The number of carbonyl (C=O) groups excluding carboxylic acids is 1. The molecule has 7 heteroatoms. The highest BCUT2D eigenvalue weighted by atomic mass is 35.5. The zero-order valence-electron chi connectivity index (χ0n) is 17.7. The lowest BCUT2D eigenvalue weighted by molar-refractivity contribution is -0.113. The molecule has 2 heterocycles. The van der Waals surface area contributed by atoms with Crippen LogP contribution in [-0.2, 0) is 11.4 Å². The van der Waals surface area contributed by atoms with Gasteiger partial charge in [-0.25, -0.2) is 4.98 Å². The van der Waals surface area contributed by atoms with E-state index in [9.17, 15) is 4.79 Å². The van der Waals surface area contributed by atoms with Gasteiger partial charge in [0.15, 0.2) is 11.6 Å².